The highest BCUT2D eigenvalue weighted by molar-refractivity contribution is 5.94. The van der Waals surface area contributed by atoms with Gasteiger partial charge in [0.25, 0.3) is 5.91 Å². The van der Waals surface area contributed by atoms with Gasteiger partial charge >= 0.3 is 5.97 Å². The Labute approximate surface area is 127 Å². The average Bonchev–Trinajstić information content (AvgIpc) is 2.94. The van der Waals surface area contributed by atoms with Gasteiger partial charge in [0, 0.05) is 18.9 Å². The average molecular weight is 303 g/mol. The van der Waals surface area contributed by atoms with E-state index in [2.05, 4.69) is 10.4 Å². The molecule has 2 aromatic rings. The third-order valence-electron chi connectivity index (χ3n) is 3.12. The normalized spacial score (nSPS) is 11.9. The number of nitrogens with one attached hydrogen (secondary N) is 1. The molecule has 0 bridgehead atoms. The van der Waals surface area contributed by atoms with Crippen LogP contribution >= 0.6 is 0 Å². The summed E-state index contributed by atoms with van der Waals surface area (Å²) in [6.07, 6.45) is 0.774. The van der Waals surface area contributed by atoms with Crippen molar-refractivity contribution in [1.29, 1.82) is 0 Å². The van der Waals surface area contributed by atoms with E-state index in [0.717, 1.165) is 11.4 Å². The van der Waals surface area contributed by atoms with Gasteiger partial charge in [0.15, 0.2) is 6.10 Å². The number of methoxy groups -OCH3 is 1. The third kappa shape index (κ3) is 3.70. The number of hydrogen-bond donors (Lipinski definition) is 2. The van der Waals surface area contributed by atoms with Crippen LogP contribution in [-0.4, -0.2) is 46.5 Å². The Morgan fingerprint density at radius 3 is 2.50 bits per heavy atom. The summed E-state index contributed by atoms with van der Waals surface area (Å²) in [4.78, 5) is 22.8. The van der Waals surface area contributed by atoms with Crippen LogP contribution in [0.1, 0.15) is 16.1 Å². The number of amides is 1. The van der Waals surface area contributed by atoms with Crippen LogP contribution < -0.4 is 5.32 Å². The molecule has 0 saturated heterocycles. The number of nitrogens with zero attached hydrogens (tertiary/aromatic N) is 2. The Hall–Kier alpha value is -2.67. The van der Waals surface area contributed by atoms with Gasteiger partial charge in [-0.3, -0.25) is 4.79 Å². The second-order valence-corrected chi connectivity index (χ2v) is 4.72. The molecule has 1 heterocycles. The minimum Gasteiger partial charge on any atom is -0.479 e. The number of carbonyl (C=O) groups is 2. The van der Waals surface area contributed by atoms with Crippen molar-refractivity contribution in [1.82, 2.24) is 15.1 Å². The van der Waals surface area contributed by atoms with Crippen LogP contribution in [0.4, 0.5) is 0 Å². The van der Waals surface area contributed by atoms with Crippen LogP contribution in [0.2, 0.25) is 0 Å². The number of hydrogen-bond acceptors (Lipinski definition) is 4. The molecule has 1 amide bonds. The van der Waals surface area contributed by atoms with Crippen molar-refractivity contribution in [3.8, 4) is 5.69 Å². The van der Waals surface area contributed by atoms with E-state index < -0.39 is 12.1 Å². The SMILES string of the molecule is COC(CNC(=O)c1ccc(-n2ccc(C)n2)cc1)C(=O)O. The number of ether oxygens (including phenoxy) is 1. The molecule has 22 heavy (non-hydrogen) atoms. The Kier molecular flexibility index (Phi) is 4.90. The molecule has 0 fully saturated rings. The first-order valence-electron chi connectivity index (χ1n) is 6.68. The van der Waals surface area contributed by atoms with E-state index in [4.69, 9.17) is 9.84 Å². The zero-order chi connectivity index (χ0) is 16.1. The molecule has 116 valence electrons. The Morgan fingerprint density at radius 1 is 1.32 bits per heavy atom. The Morgan fingerprint density at radius 2 is 2.00 bits per heavy atom. The van der Waals surface area contributed by atoms with Crippen molar-refractivity contribution in [3.05, 3.63) is 47.8 Å². The number of aryl methyl sites for hydroxylation is 1. The lowest BCUT2D eigenvalue weighted by atomic mass is 10.2. The van der Waals surface area contributed by atoms with Gasteiger partial charge in [-0.15, -0.1) is 0 Å². The van der Waals surface area contributed by atoms with Gasteiger partial charge in [-0.25, -0.2) is 9.48 Å². The van der Waals surface area contributed by atoms with Gasteiger partial charge in [0.1, 0.15) is 0 Å². The molecule has 0 saturated carbocycles. The molecule has 1 unspecified atom stereocenters. The molecule has 1 aromatic heterocycles. The summed E-state index contributed by atoms with van der Waals surface area (Å²) in [6, 6.07) is 8.74. The number of benzene rings is 1. The summed E-state index contributed by atoms with van der Waals surface area (Å²) in [5, 5.41) is 15.6. The molecule has 0 aliphatic rings. The Balaban J connectivity index is 2.01. The minimum atomic E-state index is -1.12. The van der Waals surface area contributed by atoms with E-state index in [1.54, 1.807) is 28.9 Å². The lowest BCUT2D eigenvalue weighted by Crippen LogP contribution is -2.37. The first-order chi connectivity index (χ1) is 10.5. The lowest BCUT2D eigenvalue weighted by molar-refractivity contribution is -0.148. The number of aromatic nitrogens is 2. The van der Waals surface area contributed by atoms with Crippen molar-refractivity contribution in [2.24, 2.45) is 0 Å². The molecule has 0 radical (unpaired) electrons. The van der Waals surface area contributed by atoms with Gasteiger partial charge in [-0.05, 0) is 37.3 Å². The highest BCUT2D eigenvalue weighted by Gasteiger charge is 2.17. The van der Waals surface area contributed by atoms with Crippen LogP contribution in [0.25, 0.3) is 5.69 Å². The fourth-order valence-electron chi connectivity index (χ4n) is 1.88. The van der Waals surface area contributed by atoms with Crippen molar-refractivity contribution in [3.63, 3.8) is 0 Å². The lowest BCUT2D eigenvalue weighted by Gasteiger charge is -2.11. The monoisotopic (exact) mass is 303 g/mol. The molecule has 1 aromatic carbocycles. The fraction of sp³-hybridized carbons (Fsp3) is 0.267. The molecular formula is C15H17N3O4. The number of carboxylic acid groups (broad SMARTS) is 1. The zero-order valence-electron chi connectivity index (χ0n) is 12.3. The fourth-order valence-corrected chi connectivity index (χ4v) is 1.88. The standard InChI is InChI=1S/C15H17N3O4/c1-10-7-8-18(17-10)12-5-3-11(4-6-12)14(19)16-9-13(22-2)15(20)21/h3-8,13H,9H2,1-2H3,(H,16,19)(H,20,21). The molecule has 0 aliphatic heterocycles. The maximum absolute atomic E-state index is 12.0. The largest absolute Gasteiger partial charge is 0.479 e. The summed E-state index contributed by atoms with van der Waals surface area (Å²) in [5.74, 6) is -1.47. The van der Waals surface area contributed by atoms with E-state index in [9.17, 15) is 9.59 Å². The number of rotatable bonds is 6. The van der Waals surface area contributed by atoms with E-state index in [-0.39, 0.29) is 12.5 Å². The molecule has 0 aliphatic carbocycles. The van der Waals surface area contributed by atoms with Crippen molar-refractivity contribution in [2.75, 3.05) is 13.7 Å². The van der Waals surface area contributed by atoms with Crippen LogP contribution in [0, 0.1) is 6.92 Å². The summed E-state index contributed by atoms with van der Waals surface area (Å²) in [5.41, 5.74) is 2.18. The smallest absolute Gasteiger partial charge is 0.334 e. The molecule has 2 rings (SSSR count). The number of carboxylic acids is 1. The van der Waals surface area contributed by atoms with E-state index in [1.807, 2.05) is 19.2 Å². The summed E-state index contributed by atoms with van der Waals surface area (Å²) >= 11 is 0. The van der Waals surface area contributed by atoms with Crippen LogP contribution in [0.15, 0.2) is 36.5 Å². The second-order valence-electron chi connectivity index (χ2n) is 4.72. The number of aliphatic carboxylic acids is 1. The minimum absolute atomic E-state index is 0.0925. The Bertz CT molecular complexity index is 664. The van der Waals surface area contributed by atoms with Gasteiger partial charge in [0.05, 0.1) is 17.9 Å². The second kappa shape index (κ2) is 6.86. The van der Waals surface area contributed by atoms with Gasteiger partial charge in [-0.1, -0.05) is 0 Å². The maximum Gasteiger partial charge on any atom is 0.334 e. The van der Waals surface area contributed by atoms with Crippen molar-refractivity contribution < 1.29 is 19.4 Å². The van der Waals surface area contributed by atoms with Crippen LogP contribution in [0.3, 0.4) is 0 Å². The summed E-state index contributed by atoms with van der Waals surface area (Å²) < 4.78 is 6.46. The number of carbonyl (C=O) groups excluding carboxylic acids is 1. The van der Waals surface area contributed by atoms with E-state index >= 15 is 0 Å². The molecule has 7 nitrogen and oxygen atoms in total. The first kappa shape index (κ1) is 15.7. The van der Waals surface area contributed by atoms with Crippen LogP contribution in [0.5, 0.6) is 0 Å². The van der Waals surface area contributed by atoms with E-state index in [1.165, 1.54) is 7.11 Å². The quantitative estimate of drug-likeness (QED) is 0.830. The molecule has 7 heteroatoms. The highest BCUT2D eigenvalue weighted by Crippen LogP contribution is 2.09. The highest BCUT2D eigenvalue weighted by atomic mass is 16.5. The predicted molar refractivity (Wildman–Crippen MR) is 79.1 cm³/mol. The van der Waals surface area contributed by atoms with Gasteiger partial charge in [-0.2, -0.15) is 5.10 Å². The van der Waals surface area contributed by atoms with Crippen molar-refractivity contribution >= 4 is 11.9 Å². The third-order valence-corrected chi connectivity index (χ3v) is 3.12. The topological polar surface area (TPSA) is 93.5 Å². The predicted octanol–water partition coefficient (Wildman–Crippen LogP) is 1.01. The van der Waals surface area contributed by atoms with Gasteiger partial charge < -0.3 is 15.2 Å². The van der Waals surface area contributed by atoms with Crippen molar-refractivity contribution in [2.45, 2.75) is 13.0 Å². The molecule has 2 N–H and O–H groups in total. The van der Waals surface area contributed by atoms with Crippen LogP contribution in [-0.2, 0) is 9.53 Å². The summed E-state index contributed by atoms with van der Waals surface area (Å²) in [7, 11) is 1.28. The van der Waals surface area contributed by atoms with E-state index in [0.29, 0.717) is 5.56 Å². The molecule has 0 spiro atoms. The molecule has 1 atom stereocenters. The van der Waals surface area contributed by atoms with Gasteiger partial charge in [0.2, 0.25) is 0 Å². The zero-order valence-corrected chi connectivity index (χ0v) is 12.3. The summed E-state index contributed by atoms with van der Waals surface area (Å²) in [6.45, 7) is 1.80. The first-order valence-corrected chi connectivity index (χ1v) is 6.68. The maximum atomic E-state index is 12.0. The molecular weight excluding hydrogens is 286 g/mol.